The molecule has 1 heterocycles. The minimum Gasteiger partial charge on any atom is -0.549 e. The van der Waals surface area contributed by atoms with Crippen LogP contribution in [0.3, 0.4) is 0 Å². The number of benzene rings is 3. The Morgan fingerprint density at radius 2 is 1.82 bits per heavy atom. The number of carbonyl (C=O) groups is 2. The molecule has 1 aliphatic rings. The van der Waals surface area contributed by atoms with Gasteiger partial charge in [0.1, 0.15) is 22.7 Å². The normalized spacial score (nSPS) is 15.2. The molecule has 34 heavy (non-hydrogen) atoms. The third-order valence-electron chi connectivity index (χ3n) is 5.28. The summed E-state index contributed by atoms with van der Waals surface area (Å²) in [6, 6.07) is 19.2. The first-order valence-electron chi connectivity index (χ1n) is 10.3. The molecule has 3 aromatic rings. The van der Waals surface area contributed by atoms with E-state index in [-0.39, 0.29) is 47.1 Å². The number of carboxylic acids is 1. The van der Waals surface area contributed by atoms with Crippen LogP contribution in [0.1, 0.15) is 33.8 Å². The zero-order chi connectivity index (χ0) is 23.4. The van der Waals surface area contributed by atoms with Gasteiger partial charge in [0.2, 0.25) is 0 Å². The fourth-order valence-electron chi connectivity index (χ4n) is 3.61. The third-order valence-corrected chi connectivity index (χ3v) is 5.84. The van der Waals surface area contributed by atoms with Crippen molar-refractivity contribution in [2.75, 3.05) is 6.61 Å². The molecule has 9 heteroatoms. The minimum atomic E-state index is -1.17. The topological polar surface area (TPSA) is 87.7 Å². The maximum Gasteiger partial charge on any atom is 1.00 e. The molecule has 0 saturated carbocycles. The minimum absolute atomic E-state index is 0. The molecule has 0 aliphatic carbocycles. The molecule has 0 saturated heterocycles. The molecule has 0 spiro atoms. The van der Waals surface area contributed by atoms with E-state index in [0.717, 1.165) is 5.56 Å². The number of alkyl halides is 1. The number of ether oxygens (including phenoxy) is 2. The smallest absolute Gasteiger partial charge is 0.549 e. The zero-order valence-electron chi connectivity index (χ0n) is 18.4. The number of carbonyl (C=O) groups excluding carboxylic acids is 2. The largest absolute Gasteiger partial charge is 1.00 e. The Bertz CT molecular complexity index is 1160. The Kier molecular flexibility index (Phi) is 9.28. The van der Waals surface area contributed by atoms with Crippen LogP contribution in [0, 0.1) is 0 Å². The Labute approximate surface area is 229 Å². The van der Waals surface area contributed by atoms with E-state index in [1.807, 2.05) is 30.3 Å². The summed E-state index contributed by atoms with van der Waals surface area (Å²) in [6.45, 7) is 0.266. The number of halogens is 2. The third kappa shape index (κ3) is 6.46. The molecular weight excluding hydrogens is 488 g/mol. The standard InChI is InChI=1S/C25H21Cl2NO5.Na/c26-20-13-19-18(25(30)31)10-11-32-21(19)14-22(20)33-17-8-6-16(7-9-17)24(29)28-23(27)12-15-4-2-1-3-5-15;/h1-9,13-14,18,23H,10-12H2,(H,28,29)(H,30,31);/q;+1/p-1. The van der Waals surface area contributed by atoms with Crippen LogP contribution in [0.5, 0.6) is 17.2 Å². The van der Waals surface area contributed by atoms with Crippen LogP contribution < -0.4 is 49.5 Å². The van der Waals surface area contributed by atoms with Gasteiger partial charge in [-0.15, -0.1) is 0 Å². The van der Waals surface area contributed by atoms with Gasteiger partial charge in [0.25, 0.3) is 5.91 Å². The van der Waals surface area contributed by atoms with Gasteiger partial charge < -0.3 is 24.7 Å². The number of hydrogen-bond acceptors (Lipinski definition) is 5. The molecule has 0 bridgehead atoms. The molecule has 0 fully saturated rings. The van der Waals surface area contributed by atoms with Crippen molar-refractivity contribution in [1.29, 1.82) is 0 Å². The van der Waals surface area contributed by atoms with Gasteiger partial charge in [-0.05, 0) is 42.3 Å². The van der Waals surface area contributed by atoms with Gasteiger partial charge >= 0.3 is 29.6 Å². The van der Waals surface area contributed by atoms with E-state index in [4.69, 9.17) is 32.7 Å². The molecule has 1 amide bonds. The monoisotopic (exact) mass is 507 g/mol. The summed E-state index contributed by atoms with van der Waals surface area (Å²) in [4.78, 5) is 23.9. The number of hydrogen-bond donors (Lipinski definition) is 1. The SMILES string of the molecule is O=C(NC(Cl)Cc1ccccc1)c1ccc(Oc2cc3c(cc2Cl)C(C(=O)[O-])CCO3)cc1.[Na+]. The predicted molar refractivity (Wildman–Crippen MR) is 123 cm³/mol. The molecular formula is C25H20Cl2NNaO5. The van der Waals surface area contributed by atoms with Gasteiger partial charge in [0, 0.05) is 35.5 Å². The second-order valence-corrected chi connectivity index (χ2v) is 8.52. The summed E-state index contributed by atoms with van der Waals surface area (Å²) in [5.41, 5.74) is 1.38. The van der Waals surface area contributed by atoms with Gasteiger partial charge in [-0.3, -0.25) is 4.79 Å². The van der Waals surface area contributed by atoms with Crippen LogP contribution in [0.25, 0.3) is 0 Å². The van der Waals surface area contributed by atoms with Gasteiger partial charge in [-0.2, -0.15) is 0 Å². The number of rotatable bonds is 7. The van der Waals surface area contributed by atoms with E-state index in [1.54, 1.807) is 30.3 Å². The van der Waals surface area contributed by atoms with Crippen molar-refractivity contribution in [1.82, 2.24) is 5.32 Å². The van der Waals surface area contributed by atoms with Crippen LogP contribution in [0.2, 0.25) is 5.02 Å². The van der Waals surface area contributed by atoms with E-state index >= 15 is 0 Å². The van der Waals surface area contributed by atoms with E-state index in [9.17, 15) is 14.7 Å². The van der Waals surface area contributed by atoms with E-state index < -0.39 is 17.4 Å². The van der Waals surface area contributed by atoms with E-state index in [2.05, 4.69) is 5.32 Å². The van der Waals surface area contributed by atoms with Crippen molar-refractivity contribution < 1.29 is 53.7 Å². The van der Waals surface area contributed by atoms with Crippen molar-refractivity contribution in [3.8, 4) is 17.2 Å². The molecule has 2 atom stereocenters. The Balaban J connectivity index is 0.00000324. The van der Waals surface area contributed by atoms with Crippen molar-refractivity contribution in [2.45, 2.75) is 24.3 Å². The zero-order valence-corrected chi connectivity index (χ0v) is 21.9. The van der Waals surface area contributed by atoms with Gasteiger partial charge in [0.15, 0.2) is 0 Å². The summed E-state index contributed by atoms with van der Waals surface area (Å²) in [5, 5.41) is 14.4. The summed E-state index contributed by atoms with van der Waals surface area (Å²) < 4.78 is 11.4. The molecule has 4 rings (SSSR count). The molecule has 0 aromatic heterocycles. The fraction of sp³-hybridized carbons (Fsp3) is 0.200. The molecule has 2 unspecified atom stereocenters. The second kappa shape index (κ2) is 12.0. The van der Waals surface area contributed by atoms with Crippen LogP contribution in [0.15, 0.2) is 66.7 Å². The Morgan fingerprint density at radius 1 is 1.12 bits per heavy atom. The number of fused-ring (bicyclic) bond motifs is 1. The van der Waals surface area contributed by atoms with Gasteiger partial charge in [-0.1, -0.05) is 53.5 Å². The number of aliphatic carboxylic acids is 1. The maximum atomic E-state index is 12.5. The van der Waals surface area contributed by atoms with Crippen LogP contribution >= 0.6 is 23.2 Å². The molecule has 1 aliphatic heterocycles. The first-order chi connectivity index (χ1) is 15.9. The molecule has 170 valence electrons. The summed E-state index contributed by atoms with van der Waals surface area (Å²) in [7, 11) is 0. The maximum absolute atomic E-state index is 12.5. The average Bonchev–Trinajstić information content (AvgIpc) is 2.80. The van der Waals surface area contributed by atoms with Gasteiger partial charge in [0.05, 0.1) is 11.6 Å². The van der Waals surface area contributed by atoms with Crippen molar-refractivity contribution in [3.05, 3.63) is 88.4 Å². The van der Waals surface area contributed by atoms with E-state index in [0.29, 0.717) is 41.2 Å². The summed E-state index contributed by atoms with van der Waals surface area (Å²) in [5.74, 6) is -1.07. The van der Waals surface area contributed by atoms with Crippen molar-refractivity contribution in [3.63, 3.8) is 0 Å². The number of nitrogens with one attached hydrogen (secondary N) is 1. The Morgan fingerprint density at radius 3 is 2.50 bits per heavy atom. The second-order valence-electron chi connectivity index (χ2n) is 7.59. The molecule has 3 aromatic carbocycles. The predicted octanol–water partition coefficient (Wildman–Crippen LogP) is 1.29. The first-order valence-corrected chi connectivity index (χ1v) is 11.2. The quantitative estimate of drug-likeness (QED) is 0.295. The van der Waals surface area contributed by atoms with Crippen LogP contribution in [-0.4, -0.2) is 24.0 Å². The summed E-state index contributed by atoms with van der Waals surface area (Å²) in [6.07, 6.45) is 0.830. The fourth-order valence-corrected chi connectivity index (χ4v) is 4.10. The van der Waals surface area contributed by atoms with Crippen molar-refractivity contribution >= 4 is 35.1 Å². The molecule has 6 nitrogen and oxygen atoms in total. The summed E-state index contributed by atoms with van der Waals surface area (Å²) >= 11 is 12.6. The molecule has 0 radical (unpaired) electrons. The number of carboxylic acid groups (broad SMARTS) is 1. The molecule has 1 N–H and O–H groups in total. The van der Waals surface area contributed by atoms with E-state index in [1.165, 1.54) is 6.07 Å². The Hall–Kier alpha value is -2.22. The first kappa shape index (κ1) is 26.4. The van der Waals surface area contributed by atoms with Crippen LogP contribution in [-0.2, 0) is 11.2 Å². The number of amides is 1. The van der Waals surface area contributed by atoms with Gasteiger partial charge in [-0.25, -0.2) is 0 Å². The average molecular weight is 508 g/mol. The van der Waals surface area contributed by atoms with Crippen LogP contribution in [0.4, 0.5) is 0 Å². The van der Waals surface area contributed by atoms with Crippen molar-refractivity contribution in [2.24, 2.45) is 0 Å².